The van der Waals surface area contributed by atoms with E-state index in [9.17, 15) is 18.4 Å². The molecule has 0 radical (unpaired) electrons. The average Bonchev–Trinajstić information content (AvgIpc) is 3.03. The predicted molar refractivity (Wildman–Crippen MR) is 86.8 cm³/mol. The Labute approximate surface area is 145 Å². The van der Waals surface area contributed by atoms with Crippen LogP contribution in [0.15, 0.2) is 41.3 Å². The molecule has 1 aliphatic heterocycles. The molecule has 3 amide bonds. The molecule has 130 valence electrons. The Morgan fingerprint density at radius 3 is 2.64 bits per heavy atom. The van der Waals surface area contributed by atoms with Crippen molar-refractivity contribution in [3.63, 3.8) is 0 Å². The minimum atomic E-state index is -0.994. The first-order chi connectivity index (χ1) is 12.0. The van der Waals surface area contributed by atoms with Crippen molar-refractivity contribution in [1.29, 1.82) is 0 Å². The maximum Gasteiger partial charge on any atom is 0.325 e. The summed E-state index contributed by atoms with van der Waals surface area (Å²) in [5.74, 6) is -1.58. The molecular formula is C16H12F2N2O4S. The summed E-state index contributed by atoms with van der Waals surface area (Å²) in [6.07, 6.45) is 0. The highest BCUT2D eigenvalue weighted by atomic mass is 32.2. The number of imide groups is 1. The summed E-state index contributed by atoms with van der Waals surface area (Å²) in [6, 6.07) is 7.41. The maximum absolute atomic E-state index is 13.1. The number of hydrogen-bond acceptors (Lipinski definition) is 5. The van der Waals surface area contributed by atoms with E-state index in [1.54, 1.807) is 18.2 Å². The fourth-order valence-corrected chi connectivity index (χ4v) is 2.74. The zero-order chi connectivity index (χ0) is 17.8. The highest BCUT2D eigenvalue weighted by Crippen LogP contribution is 2.34. The number of thioether (sulfide) groups is 1. The third-order valence-corrected chi connectivity index (χ3v) is 4.14. The van der Waals surface area contributed by atoms with Gasteiger partial charge in [-0.1, -0.05) is 0 Å². The molecule has 0 aliphatic carbocycles. The molecule has 6 nitrogen and oxygen atoms in total. The van der Waals surface area contributed by atoms with Crippen molar-refractivity contribution in [3.05, 3.63) is 48.0 Å². The van der Waals surface area contributed by atoms with Gasteiger partial charge in [0.05, 0.1) is 5.75 Å². The third-order valence-electron chi connectivity index (χ3n) is 3.14. The normalized spacial score (nSPS) is 11.9. The number of carbonyl (C=O) groups excluding carboxylic acids is 2. The Morgan fingerprint density at radius 1 is 1.04 bits per heavy atom. The van der Waals surface area contributed by atoms with E-state index in [4.69, 9.17) is 9.47 Å². The summed E-state index contributed by atoms with van der Waals surface area (Å²) in [5, 5.41) is 4.63. The Bertz CT molecular complexity index is 832. The van der Waals surface area contributed by atoms with Crippen LogP contribution < -0.4 is 20.1 Å². The van der Waals surface area contributed by atoms with Crippen molar-refractivity contribution in [2.75, 3.05) is 17.9 Å². The van der Waals surface area contributed by atoms with Crippen molar-refractivity contribution in [3.8, 4) is 11.5 Å². The van der Waals surface area contributed by atoms with E-state index in [0.717, 1.165) is 23.9 Å². The van der Waals surface area contributed by atoms with Crippen LogP contribution in [0.5, 0.6) is 11.5 Å². The molecule has 25 heavy (non-hydrogen) atoms. The highest BCUT2D eigenvalue weighted by Gasteiger charge is 2.15. The van der Waals surface area contributed by atoms with Crippen molar-refractivity contribution in [2.24, 2.45) is 0 Å². The summed E-state index contributed by atoms with van der Waals surface area (Å²) in [7, 11) is 0. The predicted octanol–water partition coefficient (Wildman–Crippen LogP) is 3.13. The summed E-state index contributed by atoms with van der Waals surface area (Å²) in [5.41, 5.74) is 0.433. The lowest BCUT2D eigenvalue weighted by atomic mass is 10.3. The second-order valence-electron chi connectivity index (χ2n) is 4.93. The number of carbonyl (C=O) groups is 2. The fraction of sp³-hybridized carbons (Fsp3) is 0.125. The van der Waals surface area contributed by atoms with Crippen LogP contribution in [-0.4, -0.2) is 24.5 Å². The number of benzene rings is 2. The van der Waals surface area contributed by atoms with Crippen LogP contribution in [0.3, 0.4) is 0 Å². The molecule has 0 spiro atoms. The molecule has 0 aromatic heterocycles. The van der Waals surface area contributed by atoms with Crippen molar-refractivity contribution in [1.82, 2.24) is 5.32 Å². The topological polar surface area (TPSA) is 76.7 Å². The first kappa shape index (κ1) is 17.0. The third kappa shape index (κ3) is 4.38. The Kier molecular flexibility index (Phi) is 5.03. The number of rotatable bonds is 4. The van der Waals surface area contributed by atoms with Gasteiger partial charge in [-0.25, -0.2) is 13.6 Å². The number of amides is 3. The summed E-state index contributed by atoms with van der Waals surface area (Å²) in [6.45, 7) is 0.116. The molecule has 1 heterocycles. The second-order valence-corrected chi connectivity index (χ2v) is 5.98. The number of hydrogen-bond donors (Lipinski definition) is 2. The first-order valence-corrected chi connectivity index (χ1v) is 8.08. The van der Waals surface area contributed by atoms with Gasteiger partial charge < -0.3 is 14.8 Å². The van der Waals surface area contributed by atoms with Crippen LogP contribution in [0.2, 0.25) is 0 Å². The lowest BCUT2D eigenvalue weighted by Gasteiger charge is -2.07. The van der Waals surface area contributed by atoms with Crippen LogP contribution in [0.4, 0.5) is 19.3 Å². The Morgan fingerprint density at radius 2 is 1.84 bits per heavy atom. The molecule has 1 aliphatic rings. The number of fused-ring (bicyclic) bond motifs is 1. The van der Waals surface area contributed by atoms with E-state index in [-0.39, 0.29) is 12.5 Å². The minimum absolute atomic E-state index is 0.116. The SMILES string of the molecule is O=C(CSc1ccc(F)c(F)c1)NC(=O)Nc1ccc2c(c1)OCO2. The summed E-state index contributed by atoms with van der Waals surface area (Å²) < 4.78 is 36.2. The van der Waals surface area contributed by atoms with Gasteiger partial charge in [0.15, 0.2) is 23.1 Å². The van der Waals surface area contributed by atoms with Crippen LogP contribution in [-0.2, 0) is 4.79 Å². The molecule has 2 aromatic rings. The van der Waals surface area contributed by atoms with Gasteiger partial charge in [0.1, 0.15) is 0 Å². The molecule has 0 fully saturated rings. The zero-order valence-corrected chi connectivity index (χ0v) is 13.5. The molecule has 3 rings (SSSR count). The molecule has 9 heteroatoms. The van der Waals surface area contributed by atoms with Crippen molar-refractivity contribution >= 4 is 29.4 Å². The van der Waals surface area contributed by atoms with Gasteiger partial charge >= 0.3 is 6.03 Å². The molecule has 0 atom stereocenters. The lowest BCUT2D eigenvalue weighted by Crippen LogP contribution is -2.35. The number of urea groups is 1. The van der Waals surface area contributed by atoms with Crippen molar-refractivity contribution in [2.45, 2.75) is 4.90 Å². The van der Waals surface area contributed by atoms with Crippen LogP contribution in [0, 0.1) is 11.6 Å². The van der Waals surface area contributed by atoms with E-state index in [1.165, 1.54) is 6.07 Å². The van der Waals surface area contributed by atoms with Crippen LogP contribution in [0.25, 0.3) is 0 Å². The van der Waals surface area contributed by atoms with Gasteiger partial charge in [0.25, 0.3) is 0 Å². The molecule has 0 bridgehead atoms. The van der Waals surface area contributed by atoms with Crippen molar-refractivity contribution < 1.29 is 27.8 Å². The molecule has 0 saturated carbocycles. The monoisotopic (exact) mass is 366 g/mol. The van der Waals surface area contributed by atoms with Gasteiger partial charge in [0.2, 0.25) is 12.7 Å². The molecular weight excluding hydrogens is 354 g/mol. The number of halogens is 2. The smallest absolute Gasteiger partial charge is 0.325 e. The number of ether oxygens (including phenoxy) is 2. The number of anilines is 1. The number of nitrogens with one attached hydrogen (secondary N) is 2. The van der Waals surface area contributed by atoms with Crippen LogP contribution >= 0.6 is 11.8 Å². The van der Waals surface area contributed by atoms with Gasteiger partial charge in [-0.05, 0) is 30.3 Å². The van der Waals surface area contributed by atoms with Gasteiger partial charge in [-0.15, -0.1) is 11.8 Å². The second kappa shape index (κ2) is 7.39. The highest BCUT2D eigenvalue weighted by molar-refractivity contribution is 8.00. The zero-order valence-electron chi connectivity index (χ0n) is 12.7. The van der Waals surface area contributed by atoms with Gasteiger partial charge in [-0.2, -0.15) is 0 Å². The molecule has 0 saturated heterocycles. The van der Waals surface area contributed by atoms with E-state index < -0.39 is 23.6 Å². The Hall–Kier alpha value is -2.81. The van der Waals surface area contributed by atoms with Gasteiger partial charge in [-0.3, -0.25) is 10.1 Å². The van der Waals surface area contributed by atoms with Crippen LogP contribution in [0.1, 0.15) is 0 Å². The molecule has 2 aromatic carbocycles. The van der Waals surface area contributed by atoms with E-state index in [2.05, 4.69) is 10.6 Å². The standard InChI is InChI=1S/C16H12F2N2O4S/c17-11-3-2-10(6-12(11)18)25-7-15(21)20-16(22)19-9-1-4-13-14(5-9)24-8-23-13/h1-6H,7-8H2,(H2,19,20,21,22). The summed E-state index contributed by atoms with van der Waals surface area (Å²) >= 11 is 0.981. The maximum atomic E-state index is 13.1. The molecule has 2 N–H and O–H groups in total. The summed E-state index contributed by atoms with van der Waals surface area (Å²) in [4.78, 5) is 23.9. The van der Waals surface area contributed by atoms with Gasteiger partial charge in [0, 0.05) is 16.6 Å². The fourth-order valence-electron chi connectivity index (χ4n) is 2.01. The minimum Gasteiger partial charge on any atom is -0.454 e. The quantitative estimate of drug-likeness (QED) is 0.813. The van der Waals surface area contributed by atoms with E-state index in [1.807, 2.05) is 0 Å². The molecule has 0 unspecified atom stereocenters. The lowest BCUT2D eigenvalue weighted by molar-refractivity contribution is -0.117. The Balaban J connectivity index is 1.49. The first-order valence-electron chi connectivity index (χ1n) is 7.09. The average molecular weight is 366 g/mol. The van der Waals surface area contributed by atoms with E-state index >= 15 is 0 Å². The van der Waals surface area contributed by atoms with E-state index in [0.29, 0.717) is 22.1 Å². The largest absolute Gasteiger partial charge is 0.454 e.